The quantitative estimate of drug-likeness (QED) is 0.467. The Morgan fingerprint density at radius 3 is 2.86 bits per heavy atom. The Bertz CT molecular complexity index is 645. The fraction of sp³-hybridized carbons (Fsp3) is 0.600. The van der Waals surface area contributed by atoms with E-state index in [-0.39, 0.29) is 12.2 Å². The standard InChI is InChI=1S/C10H16N3O8P/c1-19-10(5-20-22(16,17)18)4-6(14)8(21-10)13-3-2-7(11)12-9(13)15/h2-3,6,8,14H,4-5H2,1H3,(H2,11,12,15)(H2,16,17,18). The molecule has 1 saturated heterocycles. The number of nitrogens with two attached hydrogens (primary N) is 1. The van der Waals surface area contributed by atoms with Crippen LogP contribution in [-0.4, -0.2) is 50.1 Å². The minimum atomic E-state index is -4.74. The second-order valence-electron chi connectivity index (χ2n) is 4.70. The highest BCUT2D eigenvalue weighted by Gasteiger charge is 2.49. The number of nitrogen functional groups attached to an aromatic ring is 1. The van der Waals surface area contributed by atoms with Gasteiger partial charge in [0.05, 0.1) is 0 Å². The highest BCUT2D eigenvalue weighted by atomic mass is 31.2. The molecule has 3 atom stereocenters. The van der Waals surface area contributed by atoms with Gasteiger partial charge >= 0.3 is 13.5 Å². The van der Waals surface area contributed by atoms with Crippen LogP contribution in [0.4, 0.5) is 5.82 Å². The number of ether oxygens (including phenoxy) is 2. The number of phosphoric acid groups is 1. The van der Waals surface area contributed by atoms with E-state index in [2.05, 4.69) is 9.51 Å². The third-order valence-electron chi connectivity index (χ3n) is 3.14. The number of aliphatic hydroxyl groups excluding tert-OH is 1. The molecule has 0 bridgehead atoms. The minimum Gasteiger partial charge on any atom is -0.388 e. The molecule has 11 nitrogen and oxygen atoms in total. The summed E-state index contributed by atoms with van der Waals surface area (Å²) in [6.45, 7) is -0.626. The van der Waals surface area contributed by atoms with Crippen LogP contribution in [-0.2, 0) is 18.6 Å². The van der Waals surface area contributed by atoms with Crippen molar-refractivity contribution < 1.29 is 33.5 Å². The van der Waals surface area contributed by atoms with Gasteiger partial charge in [-0.05, 0) is 6.07 Å². The van der Waals surface area contributed by atoms with Crippen LogP contribution in [0.3, 0.4) is 0 Å². The summed E-state index contributed by atoms with van der Waals surface area (Å²) >= 11 is 0. The SMILES string of the molecule is COC1(COP(=O)(O)O)CC(O)C(n2ccc(N)nc2=O)O1. The molecule has 1 aromatic rings. The van der Waals surface area contributed by atoms with E-state index < -0.39 is 38.2 Å². The molecular formula is C10H16N3O8P. The van der Waals surface area contributed by atoms with Crippen molar-refractivity contribution in [3.8, 4) is 0 Å². The molecule has 1 fully saturated rings. The van der Waals surface area contributed by atoms with E-state index in [0.717, 1.165) is 4.57 Å². The van der Waals surface area contributed by atoms with E-state index in [9.17, 15) is 14.5 Å². The first-order valence-corrected chi connectivity index (χ1v) is 7.65. The Morgan fingerprint density at radius 1 is 1.64 bits per heavy atom. The number of hydrogen-bond acceptors (Lipinski definition) is 8. The zero-order valence-corrected chi connectivity index (χ0v) is 12.4. The summed E-state index contributed by atoms with van der Waals surface area (Å²) in [6, 6.07) is 1.34. The van der Waals surface area contributed by atoms with Crippen molar-refractivity contribution in [1.29, 1.82) is 0 Å². The second kappa shape index (κ2) is 6.05. The summed E-state index contributed by atoms with van der Waals surface area (Å²) in [7, 11) is -3.52. The number of aromatic nitrogens is 2. The fourth-order valence-corrected chi connectivity index (χ4v) is 2.46. The van der Waals surface area contributed by atoms with E-state index in [1.165, 1.54) is 19.4 Å². The van der Waals surface area contributed by atoms with E-state index in [0.29, 0.717) is 0 Å². The Balaban J connectivity index is 2.22. The first kappa shape index (κ1) is 17.0. The summed E-state index contributed by atoms with van der Waals surface area (Å²) < 4.78 is 26.7. The Morgan fingerprint density at radius 2 is 2.32 bits per heavy atom. The van der Waals surface area contributed by atoms with Crippen molar-refractivity contribution in [3.63, 3.8) is 0 Å². The molecule has 3 unspecified atom stereocenters. The van der Waals surface area contributed by atoms with Gasteiger partial charge in [-0.3, -0.25) is 9.09 Å². The van der Waals surface area contributed by atoms with Gasteiger partial charge < -0.3 is 30.1 Å². The van der Waals surface area contributed by atoms with Gasteiger partial charge in [0, 0.05) is 19.7 Å². The maximum absolute atomic E-state index is 11.8. The number of nitrogens with zero attached hydrogens (tertiary/aromatic N) is 2. The minimum absolute atomic E-state index is 0.0107. The highest BCUT2D eigenvalue weighted by Crippen LogP contribution is 2.42. The molecule has 2 heterocycles. The zero-order chi connectivity index (χ0) is 16.5. The molecule has 22 heavy (non-hydrogen) atoms. The van der Waals surface area contributed by atoms with Crippen LogP contribution in [0, 0.1) is 0 Å². The first-order valence-electron chi connectivity index (χ1n) is 6.11. The molecule has 2 rings (SSSR count). The number of hydrogen-bond donors (Lipinski definition) is 4. The van der Waals surface area contributed by atoms with Crippen LogP contribution < -0.4 is 11.4 Å². The van der Waals surface area contributed by atoms with Crippen LogP contribution in [0.1, 0.15) is 12.6 Å². The largest absolute Gasteiger partial charge is 0.469 e. The van der Waals surface area contributed by atoms with Gasteiger partial charge in [-0.1, -0.05) is 0 Å². The monoisotopic (exact) mass is 337 g/mol. The fourth-order valence-electron chi connectivity index (χ4n) is 2.09. The van der Waals surface area contributed by atoms with E-state index in [4.69, 9.17) is 25.0 Å². The Labute approximate surface area is 124 Å². The first-order chi connectivity index (χ1) is 10.2. The lowest BCUT2D eigenvalue weighted by molar-refractivity contribution is -0.241. The molecule has 0 spiro atoms. The summed E-state index contributed by atoms with van der Waals surface area (Å²) in [6.07, 6.45) is -1.21. The van der Waals surface area contributed by atoms with Gasteiger partial charge in [0.2, 0.25) is 0 Å². The lowest BCUT2D eigenvalue weighted by atomic mass is 10.1. The average molecular weight is 337 g/mol. The molecule has 0 aliphatic carbocycles. The molecule has 124 valence electrons. The molecule has 12 heteroatoms. The van der Waals surface area contributed by atoms with Gasteiger partial charge in [0.25, 0.3) is 0 Å². The molecule has 0 saturated carbocycles. The normalized spacial score (nSPS) is 28.9. The Hall–Kier alpha value is -1.33. The van der Waals surface area contributed by atoms with Crippen LogP contribution in [0.25, 0.3) is 0 Å². The number of methoxy groups -OCH3 is 1. The smallest absolute Gasteiger partial charge is 0.388 e. The van der Waals surface area contributed by atoms with Crippen molar-refractivity contribution >= 4 is 13.6 Å². The van der Waals surface area contributed by atoms with Crippen LogP contribution in [0.5, 0.6) is 0 Å². The van der Waals surface area contributed by atoms with Crippen molar-refractivity contribution in [2.75, 3.05) is 19.5 Å². The van der Waals surface area contributed by atoms with E-state index in [1.807, 2.05) is 0 Å². The van der Waals surface area contributed by atoms with Crippen molar-refractivity contribution in [2.45, 2.75) is 24.5 Å². The molecule has 0 radical (unpaired) electrons. The summed E-state index contributed by atoms with van der Waals surface area (Å²) in [5, 5.41) is 10.1. The number of aliphatic hydroxyl groups is 1. The molecule has 0 amide bonds. The summed E-state index contributed by atoms with van der Waals surface area (Å²) in [4.78, 5) is 32.8. The number of phosphoric ester groups is 1. The van der Waals surface area contributed by atoms with E-state index >= 15 is 0 Å². The summed E-state index contributed by atoms with van der Waals surface area (Å²) in [5.41, 5.74) is 4.63. The van der Waals surface area contributed by atoms with Gasteiger partial charge in [-0.15, -0.1) is 0 Å². The lowest BCUT2D eigenvalue weighted by Gasteiger charge is -2.27. The maximum Gasteiger partial charge on any atom is 0.469 e. The second-order valence-corrected chi connectivity index (χ2v) is 5.94. The average Bonchev–Trinajstić information content (AvgIpc) is 2.74. The number of rotatable bonds is 5. The molecule has 5 N–H and O–H groups in total. The molecule has 1 aliphatic rings. The predicted molar refractivity (Wildman–Crippen MR) is 71.4 cm³/mol. The van der Waals surface area contributed by atoms with Gasteiger partial charge in [-0.2, -0.15) is 4.98 Å². The molecule has 0 aromatic carbocycles. The van der Waals surface area contributed by atoms with Crippen molar-refractivity contribution in [3.05, 3.63) is 22.7 Å². The van der Waals surface area contributed by atoms with Crippen molar-refractivity contribution in [1.82, 2.24) is 9.55 Å². The van der Waals surface area contributed by atoms with Crippen LogP contribution in [0.15, 0.2) is 17.1 Å². The lowest BCUT2D eigenvalue weighted by Crippen LogP contribution is -2.37. The number of anilines is 1. The van der Waals surface area contributed by atoms with Gasteiger partial charge in [0.15, 0.2) is 12.0 Å². The third kappa shape index (κ3) is 3.70. The summed E-state index contributed by atoms with van der Waals surface area (Å²) in [5.74, 6) is -1.59. The van der Waals surface area contributed by atoms with Crippen LogP contribution >= 0.6 is 7.82 Å². The molecule has 1 aromatic heterocycles. The highest BCUT2D eigenvalue weighted by molar-refractivity contribution is 7.46. The predicted octanol–water partition coefficient (Wildman–Crippen LogP) is -1.44. The van der Waals surface area contributed by atoms with Crippen molar-refractivity contribution in [2.24, 2.45) is 0 Å². The van der Waals surface area contributed by atoms with E-state index in [1.54, 1.807) is 0 Å². The molecular weight excluding hydrogens is 321 g/mol. The zero-order valence-electron chi connectivity index (χ0n) is 11.5. The third-order valence-corrected chi connectivity index (χ3v) is 3.60. The van der Waals surface area contributed by atoms with Gasteiger partial charge in [-0.25, -0.2) is 9.36 Å². The Kier molecular flexibility index (Phi) is 4.68. The topological polar surface area (TPSA) is 166 Å². The van der Waals surface area contributed by atoms with Gasteiger partial charge in [0.1, 0.15) is 18.5 Å². The molecule has 1 aliphatic heterocycles. The van der Waals surface area contributed by atoms with Crippen LogP contribution in [0.2, 0.25) is 0 Å². The maximum atomic E-state index is 11.8.